The van der Waals surface area contributed by atoms with E-state index in [-0.39, 0.29) is 5.91 Å². The van der Waals surface area contributed by atoms with E-state index in [2.05, 4.69) is 22.0 Å². The first-order chi connectivity index (χ1) is 15.7. The molecule has 0 spiro atoms. The molecule has 1 amide bonds. The van der Waals surface area contributed by atoms with Crippen LogP contribution in [0.3, 0.4) is 0 Å². The Morgan fingerprint density at radius 1 is 1.25 bits per heavy atom. The normalized spacial score (nSPS) is 16.4. The number of benzene rings is 1. The average Bonchev–Trinajstić information content (AvgIpc) is 3.53. The number of methoxy groups -OCH3 is 1. The number of carbonyl (C=O) groups is 1. The lowest BCUT2D eigenvalue weighted by atomic mass is 10.2. The van der Waals surface area contributed by atoms with Crippen molar-refractivity contribution in [2.45, 2.75) is 32.7 Å². The van der Waals surface area contributed by atoms with Gasteiger partial charge < -0.3 is 14.0 Å². The number of anilines is 1. The van der Waals surface area contributed by atoms with E-state index in [4.69, 9.17) is 14.5 Å². The van der Waals surface area contributed by atoms with Gasteiger partial charge in [-0.1, -0.05) is 17.4 Å². The van der Waals surface area contributed by atoms with Crippen molar-refractivity contribution in [2.24, 2.45) is 0 Å². The number of hydrogen-bond donors (Lipinski definition) is 0. The summed E-state index contributed by atoms with van der Waals surface area (Å²) in [7, 11) is 1.65. The second-order valence-corrected chi connectivity index (χ2v) is 9.20. The first-order valence-electron chi connectivity index (χ1n) is 11.1. The zero-order chi connectivity index (χ0) is 22.1. The predicted octanol–water partition coefficient (Wildman–Crippen LogP) is 2.52. The second kappa shape index (κ2) is 9.13. The molecule has 2 aliphatic rings. The van der Waals surface area contributed by atoms with Crippen LogP contribution in [0.5, 0.6) is 5.75 Å². The van der Waals surface area contributed by atoms with Crippen LogP contribution in [0.4, 0.5) is 5.13 Å². The van der Waals surface area contributed by atoms with Crippen molar-refractivity contribution in [3.05, 3.63) is 29.3 Å². The van der Waals surface area contributed by atoms with Crippen LogP contribution in [0, 0.1) is 6.92 Å². The molecule has 0 saturated carbocycles. The van der Waals surface area contributed by atoms with Gasteiger partial charge in [0.2, 0.25) is 5.82 Å². The lowest BCUT2D eigenvalue weighted by Gasteiger charge is -2.27. The lowest BCUT2D eigenvalue weighted by molar-refractivity contribution is 0.0376. The molecule has 0 atom stereocenters. The molecule has 1 aromatic carbocycles. The number of hydrogen-bond acceptors (Lipinski definition) is 8. The second-order valence-electron chi connectivity index (χ2n) is 8.22. The number of nitrogens with zero attached hydrogens (tertiary/aromatic N) is 6. The van der Waals surface area contributed by atoms with E-state index in [1.165, 1.54) is 11.3 Å². The number of fused-ring (bicyclic) bond motifs is 2. The molecule has 4 heterocycles. The highest BCUT2D eigenvalue weighted by atomic mass is 32.1. The average molecular weight is 457 g/mol. The molecule has 1 fully saturated rings. The van der Waals surface area contributed by atoms with Crippen molar-refractivity contribution in [1.82, 2.24) is 24.6 Å². The van der Waals surface area contributed by atoms with Crippen LogP contribution in [0.1, 0.15) is 34.8 Å². The van der Waals surface area contributed by atoms with E-state index in [0.29, 0.717) is 17.5 Å². The maximum Gasteiger partial charge on any atom is 0.298 e. The van der Waals surface area contributed by atoms with Gasteiger partial charge in [-0.2, -0.15) is 0 Å². The summed E-state index contributed by atoms with van der Waals surface area (Å²) in [4.78, 5) is 22.7. The fourth-order valence-electron chi connectivity index (χ4n) is 4.37. The number of morpholine rings is 1. The molecule has 3 aromatic rings. The molecule has 32 heavy (non-hydrogen) atoms. The number of amides is 1. The Bertz CT molecular complexity index is 1120. The van der Waals surface area contributed by atoms with E-state index in [9.17, 15) is 4.79 Å². The third-order valence-corrected chi connectivity index (χ3v) is 7.36. The number of thiazole rings is 1. The van der Waals surface area contributed by atoms with Gasteiger partial charge in [0.25, 0.3) is 5.91 Å². The Balaban J connectivity index is 1.45. The van der Waals surface area contributed by atoms with Crippen molar-refractivity contribution < 1.29 is 14.3 Å². The molecule has 10 heteroatoms. The van der Waals surface area contributed by atoms with E-state index in [1.54, 1.807) is 12.0 Å². The minimum atomic E-state index is -0.136. The van der Waals surface area contributed by atoms with Crippen LogP contribution in [0.15, 0.2) is 12.1 Å². The quantitative estimate of drug-likeness (QED) is 0.540. The number of aryl methyl sites for hydroxylation is 2. The van der Waals surface area contributed by atoms with E-state index in [0.717, 1.165) is 86.0 Å². The fraction of sp³-hybridized carbons (Fsp3) is 0.545. The molecule has 2 aliphatic heterocycles. The maximum atomic E-state index is 13.7. The zero-order valence-electron chi connectivity index (χ0n) is 18.5. The minimum absolute atomic E-state index is 0.136. The lowest BCUT2D eigenvalue weighted by Crippen LogP contribution is -2.39. The maximum absolute atomic E-state index is 13.7. The highest BCUT2D eigenvalue weighted by Crippen LogP contribution is 2.37. The SMILES string of the molecule is COc1ccc(C)c2sc(N(CCCN3CCOCC3)C(=O)c3nnc4n3CCC4)nc12. The molecule has 0 unspecified atom stereocenters. The topological polar surface area (TPSA) is 85.6 Å². The van der Waals surface area contributed by atoms with Crippen molar-refractivity contribution in [3.8, 4) is 5.75 Å². The van der Waals surface area contributed by atoms with Crippen LogP contribution in [0.25, 0.3) is 10.2 Å². The Morgan fingerprint density at radius 2 is 2.09 bits per heavy atom. The molecule has 1 saturated heterocycles. The van der Waals surface area contributed by atoms with Crippen LogP contribution in [0.2, 0.25) is 0 Å². The Morgan fingerprint density at radius 3 is 2.91 bits per heavy atom. The largest absolute Gasteiger partial charge is 0.494 e. The summed E-state index contributed by atoms with van der Waals surface area (Å²) in [5, 5.41) is 9.15. The molecular weight excluding hydrogens is 428 g/mol. The van der Waals surface area contributed by atoms with Crippen molar-refractivity contribution in [1.29, 1.82) is 0 Å². The summed E-state index contributed by atoms with van der Waals surface area (Å²) < 4.78 is 14.0. The van der Waals surface area contributed by atoms with Gasteiger partial charge in [-0.3, -0.25) is 14.6 Å². The fourth-order valence-corrected chi connectivity index (χ4v) is 5.45. The smallest absolute Gasteiger partial charge is 0.298 e. The Labute approximate surface area is 190 Å². The number of carbonyl (C=O) groups excluding carboxylic acids is 1. The van der Waals surface area contributed by atoms with Crippen LogP contribution >= 0.6 is 11.3 Å². The van der Waals surface area contributed by atoms with Gasteiger partial charge in [0.1, 0.15) is 17.1 Å². The predicted molar refractivity (Wildman–Crippen MR) is 123 cm³/mol. The van der Waals surface area contributed by atoms with E-state index < -0.39 is 0 Å². The van der Waals surface area contributed by atoms with Crippen molar-refractivity contribution in [3.63, 3.8) is 0 Å². The molecule has 170 valence electrons. The standard InChI is InChI=1S/C22H28N6O3S/c1-15-6-7-16(30-2)18-19(15)32-22(23-18)28(10-4-8-26-11-13-31-14-12-26)21(29)20-25-24-17-5-3-9-27(17)20/h6-7H,3-5,8-14H2,1-2H3. The first kappa shape index (κ1) is 21.3. The number of ether oxygens (including phenoxy) is 2. The van der Waals surface area contributed by atoms with Gasteiger partial charge in [-0.05, 0) is 31.4 Å². The van der Waals surface area contributed by atoms with Crippen LogP contribution < -0.4 is 9.64 Å². The summed E-state index contributed by atoms with van der Waals surface area (Å²) in [6, 6.07) is 3.95. The summed E-state index contributed by atoms with van der Waals surface area (Å²) in [6.07, 6.45) is 2.72. The summed E-state index contributed by atoms with van der Waals surface area (Å²) in [5.74, 6) is 1.88. The number of aromatic nitrogens is 4. The van der Waals surface area contributed by atoms with E-state index >= 15 is 0 Å². The van der Waals surface area contributed by atoms with E-state index in [1.807, 2.05) is 16.7 Å². The first-order valence-corrected chi connectivity index (χ1v) is 12.0. The van der Waals surface area contributed by atoms with Gasteiger partial charge in [-0.25, -0.2) is 4.98 Å². The van der Waals surface area contributed by atoms with Crippen molar-refractivity contribution >= 4 is 32.6 Å². The third kappa shape index (κ3) is 3.98. The molecule has 0 N–H and O–H groups in total. The van der Waals surface area contributed by atoms with Gasteiger partial charge in [-0.15, -0.1) is 10.2 Å². The van der Waals surface area contributed by atoms with Gasteiger partial charge in [0, 0.05) is 39.1 Å². The summed E-state index contributed by atoms with van der Waals surface area (Å²) >= 11 is 1.53. The van der Waals surface area contributed by atoms with Crippen LogP contribution in [-0.2, 0) is 17.7 Å². The Kier molecular flexibility index (Phi) is 6.07. The monoisotopic (exact) mass is 456 g/mol. The van der Waals surface area contributed by atoms with Crippen LogP contribution in [-0.4, -0.2) is 77.1 Å². The highest BCUT2D eigenvalue weighted by Gasteiger charge is 2.29. The molecule has 5 rings (SSSR count). The molecule has 0 radical (unpaired) electrons. The zero-order valence-corrected chi connectivity index (χ0v) is 19.4. The van der Waals surface area contributed by atoms with Gasteiger partial charge in [0.15, 0.2) is 5.13 Å². The van der Waals surface area contributed by atoms with Gasteiger partial charge >= 0.3 is 0 Å². The minimum Gasteiger partial charge on any atom is -0.494 e. The molecule has 2 aromatic heterocycles. The molecule has 0 aliphatic carbocycles. The summed E-state index contributed by atoms with van der Waals surface area (Å²) in [6.45, 7) is 7.73. The van der Waals surface area contributed by atoms with Gasteiger partial charge in [0.05, 0.1) is 25.0 Å². The highest BCUT2D eigenvalue weighted by molar-refractivity contribution is 7.22. The molecule has 0 bridgehead atoms. The Hall–Kier alpha value is -2.56. The van der Waals surface area contributed by atoms with Crippen molar-refractivity contribution in [2.75, 3.05) is 51.4 Å². The molecule has 9 nitrogen and oxygen atoms in total. The summed E-state index contributed by atoms with van der Waals surface area (Å²) in [5.41, 5.74) is 1.92. The third-order valence-electron chi connectivity index (χ3n) is 6.15. The molecular formula is C22H28N6O3S. The number of rotatable bonds is 7.